The first kappa shape index (κ1) is 16.1. The zero-order valence-corrected chi connectivity index (χ0v) is 13.7. The minimum absolute atomic E-state index is 0.266. The summed E-state index contributed by atoms with van der Waals surface area (Å²) in [5.41, 5.74) is 1.81. The average Bonchev–Trinajstić information content (AvgIpc) is 3.23. The zero-order valence-electron chi connectivity index (χ0n) is 13.7. The van der Waals surface area contributed by atoms with E-state index in [-0.39, 0.29) is 6.79 Å². The van der Waals surface area contributed by atoms with Crippen LogP contribution in [-0.2, 0) is 13.6 Å². The highest BCUT2D eigenvalue weighted by atomic mass is 16.7. The summed E-state index contributed by atoms with van der Waals surface area (Å²) in [6, 6.07) is 5.80. The molecule has 1 aromatic carbocycles. The molecule has 8 heteroatoms. The third kappa shape index (κ3) is 3.77. The van der Waals surface area contributed by atoms with Crippen LogP contribution < -0.4 is 20.1 Å². The SMILES string of the molecule is CN=C(NCc1ccc2c(c1)OCO2)NCC(O)c1cnn(C)c1. The summed E-state index contributed by atoms with van der Waals surface area (Å²) >= 11 is 0. The van der Waals surface area contributed by atoms with Gasteiger partial charge in [-0.25, -0.2) is 0 Å². The molecule has 2 heterocycles. The number of rotatable bonds is 5. The van der Waals surface area contributed by atoms with E-state index < -0.39 is 6.10 Å². The second-order valence-corrected chi connectivity index (χ2v) is 5.46. The van der Waals surface area contributed by atoms with Crippen molar-refractivity contribution in [2.45, 2.75) is 12.6 Å². The summed E-state index contributed by atoms with van der Waals surface area (Å²) in [5.74, 6) is 2.13. The molecule has 0 spiro atoms. The molecule has 0 aliphatic carbocycles. The molecule has 1 aliphatic heterocycles. The highest BCUT2D eigenvalue weighted by molar-refractivity contribution is 5.79. The van der Waals surface area contributed by atoms with Gasteiger partial charge in [0.05, 0.1) is 12.3 Å². The van der Waals surface area contributed by atoms with Crippen LogP contribution in [0.15, 0.2) is 35.6 Å². The Morgan fingerprint density at radius 3 is 2.96 bits per heavy atom. The van der Waals surface area contributed by atoms with Crippen molar-refractivity contribution in [2.75, 3.05) is 20.4 Å². The third-order valence-electron chi connectivity index (χ3n) is 3.69. The number of aliphatic imine (C=N–C) groups is 1. The van der Waals surface area contributed by atoms with Crippen LogP contribution in [-0.4, -0.2) is 41.2 Å². The minimum atomic E-state index is -0.650. The lowest BCUT2D eigenvalue weighted by molar-refractivity contribution is 0.174. The molecule has 1 aliphatic rings. The van der Waals surface area contributed by atoms with Crippen molar-refractivity contribution in [3.05, 3.63) is 41.7 Å². The van der Waals surface area contributed by atoms with Crippen LogP contribution in [0.3, 0.4) is 0 Å². The molecular formula is C16H21N5O3. The number of aryl methyl sites for hydroxylation is 1. The molecule has 0 saturated carbocycles. The van der Waals surface area contributed by atoms with Gasteiger partial charge < -0.3 is 25.2 Å². The van der Waals surface area contributed by atoms with Crippen LogP contribution in [0, 0.1) is 0 Å². The number of aliphatic hydroxyl groups excluding tert-OH is 1. The van der Waals surface area contributed by atoms with Gasteiger partial charge in [0, 0.05) is 38.9 Å². The van der Waals surface area contributed by atoms with Crippen LogP contribution >= 0.6 is 0 Å². The number of benzene rings is 1. The maximum Gasteiger partial charge on any atom is 0.231 e. The molecule has 1 atom stereocenters. The van der Waals surface area contributed by atoms with Gasteiger partial charge in [-0.2, -0.15) is 5.10 Å². The van der Waals surface area contributed by atoms with Crippen LogP contribution in [0.25, 0.3) is 0 Å². The summed E-state index contributed by atoms with van der Waals surface area (Å²) in [4.78, 5) is 4.15. The Morgan fingerprint density at radius 1 is 1.38 bits per heavy atom. The van der Waals surface area contributed by atoms with E-state index in [0.717, 1.165) is 22.6 Å². The number of aliphatic hydroxyl groups is 1. The maximum atomic E-state index is 10.1. The molecule has 0 radical (unpaired) electrons. The van der Waals surface area contributed by atoms with Gasteiger partial charge in [-0.05, 0) is 17.7 Å². The first-order valence-corrected chi connectivity index (χ1v) is 7.65. The molecule has 1 unspecified atom stereocenters. The lowest BCUT2D eigenvalue weighted by Crippen LogP contribution is -2.38. The van der Waals surface area contributed by atoms with Crippen LogP contribution in [0.1, 0.15) is 17.2 Å². The molecule has 3 N–H and O–H groups in total. The number of aromatic nitrogens is 2. The number of nitrogens with one attached hydrogen (secondary N) is 2. The number of hydrogen-bond donors (Lipinski definition) is 3. The van der Waals surface area contributed by atoms with Crippen molar-refractivity contribution in [1.29, 1.82) is 0 Å². The molecule has 128 valence electrons. The largest absolute Gasteiger partial charge is 0.454 e. The molecule has 8 nitrogen and oxygen atoms in total. The highest BCUT2D eigenvalue weighted by Crippen LogP contribution is 2.32. The Bertz CT molecular complexity index is 728. The molecule has 24 heavy (non-hydrogen) atoms. The Kier molecular flexibility index (Phi) is 4.85. The zero-order chi connectivity index (χ0) is 16.9. The number of fused-ring (bicyclic) bond motifs is 1. The highest BCUT2D eigenvalue weighted by Gasteiger charge is 2.13. The number of hydrogen-bond acceptors (Lipinski definition) is 5. The summed E-state index contributed by atoms with van der Waals surface area (Å²) < 4.78 is 12.3. The lowest BCUT2D eigenvalue weighted by atomic mass is 10.2. The van der Waals surface area contributed by atoms with E-state index in [4.69, 9.17) is 9.47 Å². The van der Waals surface area contributed by atoms with Crippen LogP contribution in [0.2, 0.25) is 0 Å². The van der Waals surface area contributed by atoms with Gasteiger partial charge >= 0.3 is 0 Å². The molecule has 0 fully saturated rings. The first-order chi connectivity index (χ1) is 11.7. The third-order valence-corrected chi connectivity index (χ3v) is 3.69. The Balaban J connectivity index is 1.50. The standard InChI is InChI=1S/C16H21N5O3/c1-17-16(19-8-13(22)12-7-20-21(2)9-12)18-6-11-3-4-14-15(5-11)24-10-23-14/h3-5,7,9,13,22H,6,8,10H2,1-2H3,(H2,17,18,19). The Hall–Kier alpha value is -2.74. The van der Waals surface area contributed by atoms with Crippen LogP contribution in [0.4, 0.5) is 0 Å². The predicted octanol–water partition coefficient (Wildman–Crippen LogP) is 0.547. The topological polar surface area (TPSA) is 92.9 Å². The number of nitrogens with zero attached hydrogens (tertiary/aromatic N) is 3. The van der Waals surface area contributed by atoms with E-state index >= 15 is 0 Å². The maximum absolute atomic E-state index is 10.1. The lowest BCUT2D eigenvalue weighted by Gasteiger charge is -2.14. The monoisotopic (exact) mass is 331 g/mol. The van der Waals surface area contributed by atoms with E-state index in [1.807, 2.05) is 25.2 Å². The molecular weight excluding hydrogens is 310 g/mol. The minimum Gasteiger partial charge on any atom is -0.454 e. The van der Waals surface area contributed by atoms with Crippen molar-refractivity contribution >= 4 is 5.96 Å². The van der Waals surface area contributed by atoms with E-state index in [1.54, 1.807) is 24.1 Å². The summed E-state index contributed by atoms with van der Waals surface area (Å²) in [5, 5.41) is 20.5. The van der Waals surface area contributed by atoms with Gasteiger partial charge in [0.1, 0.15) is 0 Å². The predicted molar refractivity (Wildman–Crippen MR) is 88.9 cm³/mol. The second-order valence-electron chi connectivity index (χ2n) is 5.46. The van der Waals surface area contributed by atoms with Gasteiger partial charge in [0.15, 0.2) is 17.5 Å². The van der Waals surface area contributed by atoms with E-state index in [0.29, 0.717) is 19.0 Å². The summed E-state index contributed by atoms with van der Waals surface area (Å²) in [6.45, 7) is 1.19. The van der Waals surface area contributed by atoms with Crippen molar-refractivity contribution < 1.29 is 14.6 Å². The fraction of sp³-hybridized carbons (Fsp3) is 0.375. The molecule has 3 rings (SSSR count). The van der Waals surface area contributed by atoms with Gasteiger partial charge in [0.2, 0.25) is 6.79 Å². The molecule has 0 bridgehead atoms. The molecule has 0 amide bonds. The van der Waals surface area contributed by atoms with Crippen molar-refractivity contribution in [3.8, 4) is 11.5 Å². The Labute approximate surface area is 140 Å². The van der Waals surface area contributed by atoms with Crippen LogP contribution in [0.5, 0.6) is 11.5 Å². The normalized spacial score (nSPS) is 14.5. The fourth-order valence-corrected chi connectivity index (χ4v) is 2.38. The number of ether oxygens (including phenoxy) is 2. The van der Waals surface area contributed by atoms with Gasteiger partial charge in [-0.1, -0.05) is 6.07 Å². The average molecular weight is 331 g/mol. The molecule has 2 aromatic rings. The number of guanidine groups is 1. The van der Waals surface area contributed by atoms with E-state index in [2.05, 4.69) is 20.7 Å². The van der Waals surface area contributed by atoms with E-state index in [9.17, 15) is 5.11 Å². The van der Waals surface area contributed by atoms with Crippen molar-refractivity contribution in [2.24, 2.45) is 12.0 Å². The van der Waals surface area contributed by atoms with Crippen molar-refractivity contribution in [1.82, 2.24) is 20.4 Å². The van der Waals surface area contributed by atoms with Gasteiger partial charge in [0.25, 0.3) is 0 Å². The molecule has 1 aromatic heterocycles. The first-order valence-electron chi connectivity index (χ1n) is 7.65. The van der Waals surface area contributed by atoms with E-state index in [1.165, 1.54) is 0 Å². The summed E-state index contributed by atoms with van der Waals surface area (Å²) in [7, 11) is 3.50. The molecule has 0 saturated heterocycles. The van der Waals surface area contributed by atoms with Gasteiger partial charge in [-0.15, -0.1) is 0 Å². The Morgan fingerprint density at radius 2 is 2.21 bits per heavy atom. The van der Waals surface area contributed by atoms with Gasteiger partial charge in [-0.3, -0.25) is 9.67 Å². The fourth-order valence-electron chi connectivity index (χ4n) is 2.38. The van der Waals surface area contributed by atoms with Crippen molar-refractivity contribution in [3.63, 3.8) is 0 Å². The summed E-state index contributed by atoms with van der Waals surface area (Å²) in [6.07, 6.45) is 2.78. The second kappa shape index (κ2) is 7.22. The smallest absolute Gasteiger partial charge is 0.231 e. The quantitative estimate of drug-likeness (QED) is 0.547.